The summed E-state index contributed by atoms with van der Waals surface area (Å²) in [5.74, 6) is 0.734. The number of carbonyl (C=O) groups excluding carboxylic acids is 1. The molecule has 1 rings (SSSR count). The Morgan fingerprint density at radius 3 is 2.44 bits per heavy atom. The zero-order valence-corrected chi connectivity index (χ0v) is 12.7. The van der Waals surface area contributed by atoms with Crippen molar-refractivity contribution in [3.8, 4) is 0 Å². The molecule has 0 bridgehead atoms. The van der Waals surface area contributed by atoms with Crippen molar-refractivity contribution in [3.05, 3.63) is 0 Å². The fourth-order valence-corrected chi connectivity index (χ4v) is 1.91. The van der Waals surface area contributed by atoms with Crippen molar-refractivity contribution >= 4 is 18.3 Å². The molecule has 0 spiro atoms. The summed E-state index contributed by atoms with van der Waals surface area (Å²) in [5, 5.41) is 6.36. The summed E-state index contributed by atoms with van der Waals surface area (Å²) in [7, 11) is 0. The van der Waals surface area contributed by atoms with E-state index in [1.807, 2.05) is 6.92 Å². The van der Waals surface area contributed by atoms with Gasteiger partial charge in [0.15, 0.2) is 0 Å². The third-order valence-electron chi connectivity index (χ3n) is 3.57. The van der Waals surface area contributed by atoms with Crippen LogP contribution < -0.4 is 10.6 Å². The molecule has 1 aliphatic heterocycles. The van der Waals surface area contributed by atoms with Gasteiger partial charge in [-0.15, -0.1) is 12.4 Å². The molecule has 0 aromatic rings. The molecule has 108 valence electrons. The van der Waals surface area contributed by atoms with Gasteiger partial charge in [-0.2, -0.15) is 0 Å². The number of halogens is 1. The molecule has 0 saturated carbocycles. The molecule has 0 aliphatic carbocycles. The van der Waals surface area contributed by atoms with Crippen molar-refractivity contribution in [2.75, 3.05) is 39.3 Å². The van der Waals surface area contributed by atoms with E-state index in [1.54, 1.807) is 0 Å². The van der Waals surface area contributed by atoms with Gasteiger partial charge in [0, 0.05) is 38.6 Å². The first-order chi connectivity index (χ1) is 8.11. The van der Waals surface area contributed by atoms with Gasteiger partial charge in [0.25, 0.3) is 0 Å². The zero-order valence-electron chi connectivity index (χ0n) is 11.9. The van der Waals surface area contributed by atoms with Gasteiger partial charge < -0.3 is 15.5 Å². The maximum absolute atomic E-state index is 11.7. The van der Waals surface area contributed by atoms with Gasteiger partial charge in [0.05, 0.1) is 0 Å². The molecule has 4 nitrogen and oxygen atoms in total. The summed E-state index contributed by atoms with van der Waals surface area (Å²) in [5.41, 5.74) is 0. The first kappa shape index (κ1) is 17.7. The summed E-state index contributed by atoms with van der Waals surface area (Å²) in [6, 6.07) is 0. The van der Waals surface area contributed by atoms with Crippen LogP contribution in [-0.4, -0.2) is 50.1 Å². The molecule has 1 fully saturated rings. The Morgan fingerprint density at radius 2 is 1.89 bits per heavy atom. The second-order valence-corrected chi connectivity index (χ2v) is 5.27. The van der Waals surface area contributed by atoms with Crippen LogP contribution in [0.15, 0.2) is 0 Å². The van der Waals surface area contributed by atoms with E-state index in [9.17, 15) is 4.79 Å². The Hall–Kier alpha value is -0.320. The molecule has 1 atom stereocenters. The summed E-state index contributed by atoms with van der Waals surface area (Å²) >= 11 is 0. The number of rotatable bonds is 6. The van der Waals surface area contributed by atoms with E-state index in [0.29, 0.717) is 5.92 Å². The van der Waals surface area contributed by atoms with Crippen LogP contribution in [0.2, 0.25) is 0 Å². The van der Waals surface area contributed by atoms with E-state index in [4.69, 9.17) is 0 Å². The van der Waals surface area contributed by atoms with E-state index in [0.717, 1.165) is 45.7 Å². The SMILES string of the molecule is CC(C)C(C)C(=O)NCCCN1CCNCC1.Cl. The fourth-order valence-electron chi connectivity index (χ4n) is 1.91. The van der Waals surface area contributed by atoms with Crippen molar-refractivity contribution in [2.24, 2.45) is 11.8 Å². The van der Waals surface area contributed by atoms with Crippen molar-refractivity contribution in [1.82, 2.24) is 15.5 Å². The van der Waals surface area contributed by atoms with Crippen molar-refractivity contribution < 1.29 is 4.79 Å². The Labute approximate surface area is 117 Å². The van der Waals surface area contributed by atoms with Crippen LogP contribution in [0.1, 0.15) is 27.2 Å². The summed E-state index contributed by atoms with van der Waals surface area (Å²) in [6.45, 7) is 12.5. The minimum atomic E-state index is 0. The second kappa shape index (κ2) is 9.59. The lowest BCUT2D eigenvalue weighted by Crippen LogP contribution is -2.44. The molecule has 1 heterocycles. The quantitative estimate of drug-likeness (QED) is 0.715. The topological polar surface area (TPSA) is 44.4 Å². The van der Waals surface area contributed by atoms with Gasteiger partial charge in [-0.1, -0.05) is 20.8 Å². The van der Waals surface area contributed by atoms with Crippen LogP contribution >= 0.6 is 12.4 Å². The molecule has 2 N–H and O–H groups in total. The molecule has 1 amide bonds. The predicted molar refractivity (Wildman–Crippen MR) is 78.2 cm³/mol. The third kappa shape index (κ3) is 6.57. The van der Waals surface area contributed by atoms with Crippen LogP contribution in [0.5, 0.6) is 0 Å². The van der Waals surface area contributed by atoms with Crippen LogP contribution in [0.4, 0.5) is 0 Å². The van der Waals surface area contributed by atoms with Crippen LogP contribution in [0, 0.1) is 11.8 Å². The van der Waals surface area contributed by atoms with Gasteiger partial charge in [-0.05, 0) is 18.9 Å². The minimum Gasteiger partial charge on any atom is -0.356 e. The fraction of sp³-hybridized carbons (Fsp3) is 0.923. The molecule has 1 saturated heterocycles. The highest BCUT2D eigenvalue weighted by atomic mass is 35.5. The molecule has 0 aromatic carbocycles. The van der Waals surface area contributed by atoms with Crippen LogP contribution in [-0.2, 0) is 4.79 Å². The van der Waals surface area contributed by atoms with Crippen molar-refractivity contribution in [3.63, 3.8) is 0 Å². The monoisotopic (exact) mass is 277 g/mol. The highest BCUT2D eigenvalue weighted by molar-refractivity contribution is 5.85. The smallest absolute Gasteiger partial charge is 0.223 e. The molecule has 0 radical (unpaired) electrons. The third-order valence-corrected chi connectivity index (χ3v) is 3.57. The molecule has 5 heteroatoms. The Morgan fingerprint density at radius 1 is 1.28 bits per heavy atom. The number of carbonyl (C=O) groups is 1. The summed E-state index contributed by atoms with van der Waals surface area (Å²) < 4.78 is 0. The number of hydrogen-bond donors (Lipinski definition) is 2. The van der Waals surface area contributed by atoms with E-state index in [-0.39, 0.29) is 24.2 Å². The maximum atomic E-state index is 11.7. The van der Waals surface area contributed by atoms with E-state index >= 15 is 0 Å². The molecular formula is C13H28ClN3O. The number of amides is 1. The van der Waals surface area contributed by atoms with Crippen molar-refractivity contribution in [2.45, 2.75) is 27.2 Å². The van der Waals surface area contributed by atoms with Crippen LogP contribution in [0.25, 0.3) is 0 Å². The molecule has 0 aromatic heterocycles. The molecule has 1 unspecified atom stereocenters. The van der Waals surface area contributed by atoms with Crippen molar-refractivity contribution in [1.29, 1.82) is 0 Å². The standard InChI is InChI=1S/C13H27N3O.ClH/c1-11(2)12(3)13(17)15-5-4-8-16-9-6-14-7-10-16;/h11-12,14H,4-10H2,1-3H3,(H,15,17);1H. The summed E-state index contributed by atoms with van der Waals surface area (Å²) in [4.78, 5) is 14.2. The lowest BCUT2D eigenvalue weighted by Gasteiger charge is -2.27. The number of piperazine rings is 1. The normalized spacial score (nSPS) is 18.2. The van der Waals surface area contributed by atoms with Gasteiger partial charge >= 0.3 is 0 Å². The number of hydrogen-bond acceptors (Lipinski definition) is 3. The van der Waals surface area contributed by atoms with Gasteiger partial charge in [-0.3, -0.25) is 4.79 Å². The van der Waals surface area contributed by atoms with E-state index < -0.39 is 0 Å². The maximum Gasteiger partial charge on any atom is 0.223 e. The first-order valence-corrected chi connectivity index (χ1v) is 6.82. The number of nitrogens with one attached hydrogen (secondary N) is 2. The van der Waals surface area contributed by atoms with E-state index in [1.165, 1.54) is 0 Å². The Balaban J connectivity index is 0.00000289. The van der Waals surface area contributed by atoms with E-state index in [2.05, 4.69) is 29.4 Å². The average molecular weight is 278 g/mol. The zero-order chi connectivity index (χ0) is 12.7. The Kier molecular flexibility index (Phi) is 9.42. The largest absolute Gasteiger partial charge is 0.356 e. The second-order valence-electron chi connectivity index (χ2n) is 5.27. The lowest BCUT2D eigenvalue weighted by atomic mass is 9.97. The molecule has 1 aliphatic rings. The predicted octanol–water partition coefficient (Wildman–Crippen LogP) is 1.11. The minimum absolute atomic E-state index is 0. The highest BCUT2D eigenvalue weighted by Gasteiger charge is 2.15. The lowest BCUT2D eigenvalue weighted by molar-refractivity contribution is -0.125. The van der Waals surface area contributed by atoms with Gasteiger partial charge in [0.2, 0.25) is 5.91 Å². The van der Waals surface area contributed by atoms with Gasteiger partial charge in [-0.25, -0.2) is 0 Å². The average Bonchev–Trinajstić information content (AvgIpc) is 2.34. The number of nitrogens with zero attached hydrogens (tertiary/aromatic N) is 1. The molecular weight excluding hydrogens is 250 g/mol. The van der Waals surface area contributed by atoms with Gasteiger partial charge in [0.1, 0.15) is 0 Å². The Bertz CT molecular complexity index is 230. The molecule has 18 heavy (non-hydrogen) atoms. The summed E-state index contributed by atoms with van der Waals surface area (Å²) in [6.07, 6.45) is 1.05. The van der Waals surface area contributed by atoms with Crippen LogP contribution in [0.3, 0.4) is 0 Å². The highest BCUT2D eigenvalue weighted by Crippen LogP contribution is 2.08. The first-order valence-electron chi connectivity index (χ1n) is 6.82.